The van der Waals surface area contributed by atoms with Gasteiger partial charge in [0.2, 0.25) is 12.5 Å². The van der Waals surface area contributed by atoms with Crippen LogP contribution in [0, 0.1) is 10.6 Å². The lowest BCUT2D eigenvalue weighted by atomic mass is 9.71. The second kappa shape index (κ2) is 13.9. The molecule has 4 aromatic carbocycles. The van der Waals surface area contributed by atoms with Crippen LogP contribution in [0.3, 0.4) is 0 Å². The van der Waals surface area contributed by atoms with Crippen LogP contribution in [0.4, 0.5) is 0 Å². The summed E-state index contributed by atoms with van der Waals surface area (Å²) in [7, 11) is 3.17. The maximum absolute atomic E-state index is 13.7. The number of hydrogen-bond acceptors (Lipinski definition) is 7. The fourth-order valence-corrected chi connectivity index (χ4v) is 7.32. The van der Waals surface area contributed by atoms with Crippen molar-refractivity contribution in [2.45, 2.75) is 62.9 Å². The second-order valence-corrected chi connectivity index (χ2v) is 12.3. The zero-order chi connectivity index (χ0) is 32.9. The molecule has 1 heterocycles. The first-order valence-electron chi connectivity index (χ1n) is 16.1. The van der Waals surface area contributed by atoms with Crippen molar-refractivity contribution in [2.75, 3.05) is 14.2 Å². The Balaban J connectivity index is 1.42. The number of rotatable bonds is 11. The minimum atomic E-state index is -1.18. The predicted octanol–water partition coefficient (Wildman–Crippen LogP) is 7.28. The third-order valence-corrected chi connectivity index (χ3v) is 9.73. The first-order valence-corrected chi connectivity index (χ1v) is 16.1. The van der Waals surface area contributed by atoms with E-state index in [-0.39, 0.29) is 6.10 Å². The van der Waals surface area contributed by atoms with Gasteiger partial charge in [0, 0.05) is 10.3 Å². The molecule has 244 valence electrons. The van der Waals surface area contributed by atoms with Gasteiger partial charge in [0.1, 0.15) is 0 Å². The van der Waals surface area contributed by atoms with E-state index in [1.54, 1.807) is 38.5 Å². The molecule has 47 heavy (non-hydrogen) atoms. The van der Waals surface area contributed by atoms with Crippen molar-refractivity contribution < 1.29 is 33.5 Å². The molecule has 0 aromatic heterocycles. The van der Waals surface area contributed by atoms with E-state index >= 15 is 0 Å². The van der Waals surface area contributed by atoms with Gasteiger partial charge in [0.05, 0.1) is 31.3 Å². The molecule has 6 rings (SSSR count). The maximum Gasteiger partial charge on any atom is 0.338 e. The average Bonchev–Trinajstić information content (AvgIpc) is 3.54. The van der Waals surface area contributed by atoms with Crippen molar-refractivity contribution in [3.8, 4) is 11.5 Å². The molecule has 0 radical (unpaired) electrons. The van der Waals surface area contributed by atoms with Gasteiger partial charge in [-0.15, -0.1) is 0 Å². The lowest BCUT2D eigenvalue weighted by molar-refractivity contribution is -0.775. The summed E-state index contributed by atoms with van der Waals surface area (Å²) >= 11 is 0. The summed E-state index contributed by atoms with van der Waals surface area (Å²) in [4.78, 5) is 20.1. The lowest BCUT2D eigenvalue weighted by Crippen LogP contribution is -2.57. The number of ether oxygens (including phenoxy) is 4. The van der Waals surface area contributed by atoms with Crippen LogP contribution < -0.4 is 9.47 Å². The highest BCUT2D eigenvalue weighted by Crippen LogP contribution is 2.50. The largest absolute Gasteiger partial charge is 0.493 e. The Kier molecular flexibility index (Phi) is 9.50. The summed E-state index contributed by atoms with van der Waals surface area (Å²) in [5.74, 6) is 0.639. The van der Waals surface area contributed by atoms with E-state index in [0.29, 0.717) is 34.8 Å². The van der Waals surface area contributed by atoms with Crippen molar-refractivity contribution in [3.05, 3.63) is 137 Å². The zero-order valence-corrected chi connectivity index (χ0v) is 27.0. The van der Waals surface area contributed by atoms with E-state index in [9.17, 15) is 10.0 Å². The highest BCUT2D eigenvalue weighted by Gasteiger charge is 2.54. The summed E-state index contributed by atoms with van der Waals surface area (Å²) in [5.41, 5.74) is 2.05. The quantitative estimate of drug-likeness (QED) is 0.126. The summed E-state index contributed by atoms with van der Waals surface area (Å²) in [6.45, 7) is 1.98. The molecule has 4 aromatic rings. The molecule has 2 aliphatic rings. The van der Waals surface area contributed by atoms with E-state index in [1.807, 2.05) is 67.6 Å². The van der Waals surface area contributed by atoms with E-state index in [4.69, 9.17) is 23.8 Å². The van der Waals surface area contributed by atoms with Gasteiger partial charge < -0.3 is 23.8 Å². The Hall–Kier alpha value is -4.82. The van der Waals surface area contributed by atoms with E-state index in [0.717, 1.165) is 36.0 Å². The third kappa shape index (κ3) is 6.30. The average molecular weight is 636 g/mol. The molecule has 8 nitrogen and oxygen atoms in total. The number of esters is 1. The number of carbonyl (C=O) groups is 1. The van der Waals surface area contributed by atoms with Crippen LogP contribution in [0.15, 0.2) is 109 Å². The number of methoxy groups -OCH3 is 2. The van der Waals surface area contributed by atoms with Gasteiger partial charge in [-0.05, 0) is 73.1 Å². The predicted molar refractivity (Wildman–Crippen MR) is 179 cm³/mol. The van der Waals surface area contributed by atoms with Gasteiger partial charge in [-0.1, -0.05) is 91.9 Å². The Morgan fingerprint density at radius 1 is 0.872 bits per heavy atom. The van der Waals surface area contributed by atoms with Gasteiger partial charge >= 0.3 is 5.97 Å². The molecule has 1 fully saturated rings. The number of carbonyl (C=O) groups excluding carboxylic acids is 1. The number of nitrogens with zero attached hydrogens (tertiary/aromatic N) is 1. The van der Waals surface area contributed by atoms with Crippen LogP contribution in [0.2, 0.25) is 0 Å². The molecule has 1 aliphatic heterocycles. The molecule has 1 unspecified atom stereocenters. The van der Waals surface area contributed by atoms with Crippen molar-refractivity contribution in [1.82, 2.24) is 0 Å². The Morgan fingerprint density at radius 3 is 2.09 bits per heavy atom. The topological polar surface area (TPSA) is 89.3 Å². The standard InChI is InChI=1S/C39H41NO7/c1-4-38(26-28-22-23-32(43-2)33(25-28)44-3)27-40(42)47-37(35(38)46-36(41)29-15-8-5-9-16-29)45-34-21-14-24-39(34,30-17-10-6-11-18-30)31-19-12-7-13-20-31/h5-13,15-20,22-23,25,27,34-35,37H,4,14,21,24,26H2,1-3H3/t34?,35-,37-,38-/m0/s1. The second-order valence-electron chi connectivity index (χ2n) is 12.3. The summed E-state index contributed by atoms with van der Waals surface area (Å²) in [6, 6.07) is 35.2. The molecule has 8 heteroatoms. The summed E-state index contributed by atoms with van der Waals surface area (Å²) in [6.07, 6.45) is 2.29. The van der Waals surface area contributed by atoms with Gasteiger partial charge in [0.15, 0.2) is 17.6 Å². The minimum absolute atomic E-state index is 0.353. The monoisotopic (exact) mass is 635 g/mol. The van der Waals surface area contributed by atoms with Gasteiger partial charge in [0.25, 0.3) is 0 Å². The highest BCUT2D eigenvalue weighted by molar-refractivity contribution is 5.89. The lowest BCUT2D eigenvalue weighted by Gasteiger charge is -2.45. The summed E-state index contributed by atoms with van der Waals surface area (Å²) in [5, 5.41) is 13.4. The van der Waals surface area contributed by atoms with Crippen molar-refractivity contribution in [2.24, 2.45) is 5.41 Å². The minimum Gasteiger partial charge on any atom is -0.493 e. The van der Waals surface area contributed by atoms with Crippen LogP contribution in [0.5, 0.6) is 11.5 Å². The first kappa shape index (κ1) is 32.1. The molecule has 1 saturated carbocycles. The van der Waals surface area contributed by atoms with Gasteiger partial charge in [-0.3, -0.25) is 5.21 Å². The number of benzene rings is 4. The fourth-order valence-electron chi connectivity index (χ4n) is 7.32. The molecule has 0 bridgehead atoms. The molecule has 1 aliphatic carbocycles. The van der Waals surface area contributed by atoms with Crippen LogP contribution >= 0.6 is 0 Å². The van der Waals surface area contributed by atoms with Gasteiger partial charge in [-0.2, -0.15) is 0 Å². The Labute approximate surface area is 276 Å². The fraction of sp³-hybridized carbons (Fsp3) is 0.333. The molecular formula is C39H41NO7. The molecule has 0 N–H and O–H groups in total. The third-order valence-electron chi connectivity index (χ3n) is 9.73. The highest BCUT2D eigenvalue weighted by atomic mass is 16.9. The molecule has 0 spiro atoms. The van der Waals surface area contributed by atoms with Crippen LogP contribution in [-0.4, -0.2) is 49.8 Å². The van der Waals surface area contributed by atoms with Crippen LogP contribution in [0.25, 0.3) is 0 Å². The normalized spacial score (nSPS) is 23.3. The van der Waals surface area contributed by atoms with E-state index in [2.05, 4.69) is 24.3 Å². The van der Waals surface area contributed by atoms with Crippen LogP contribution in [-0.2, 0) is 26.1 Å². The maximum atomic E-state index is 13.7. The molecule has 0 saturated heterocycles. The molecular weight excluding hydrogens is 594 g/mol. The van der Waals surface area contributed by atoms with Crippen molar-refractivity contribution in [1.29, 1.82) is 0 Å². The van der Waals surface area contributed by atoms with E-state index < -0.39 is 29.2 Å². The Morgan fingerprint density at radius 2 is 1.49 bits per heavy atom. The number of hydrogen-bond donors (Lipinski definition) is 0. The van der Waals surface area contributed by atoms with E-state index in [1.165, 1.54) is 6.21 Å². The van der Waals surface area contributed by atoms with Crippen molar-refractivity contribution >= 4 is 12.2 Å². The molecule has 0 amide bonds. The Bertz CT molecular complexity index is 1640. The van der Waals surface area contributed by atoms with Crippen molar-refractivity contribution in [3.63, 3.8) is 0 Å². The van der Waals surface area contributed by atoms with Gasteiger partial charge in [-0.25, -0.2) is 4.79 Å². The molecule has 4 atom stereocenters. The van der Waals surface area contributed by atoms with Crippen LogP contribution in [0.1, 0.15) is 59.7 Å². The summed E-state index contributed by atoms with van der Waals surface area (Å²) < 4.78 is 24.4. The zero-order valence-electron chi connectivity index (χ0n) is 27.0. The first-order chi connectivity index (χ1) is 22.9. The SMILES string of the molecule is CC[C@]1(Cc2ccc(OC)c(OC)c2)C=[N+]([O-])O[C@H](OC2CCCC2(c2ccccc2)c2ccccc2)[C@@H]1OC(=O)c1ccccc1. The smallest absolute Gasteiger partial charge is 0.338 e.